The molecule has 0 aliphatic rings. The summed E-state index contributed by atoms with van der Waals surface area (Å²) in [5.41, 5.74) is 1.65. The van der Waals surface area contributed by atoms with Crippen LogP contribution in [0.1, 0.15) is 42.9 Å². The molecule has 1 aromatic rings. The number of alkyl halides is 2. The van der Waals surface area contributed by atoms with Crippen molar-refractivity contribution >= 4 is 6.29 Å². The van der Waals surface area contributed by atoms with Crippen molar-refractivity contribution in [3.63, 3.8) is 0 Å². The highest BCUT2D eigenvalue weighted by molar-refractivity contribution is 5.63. The van der Waals surface area contributed by atoms with Crippen LogP contribution in [0.5, 0.6) is 0 Å². The Balaban J connectivity index is 3.18. The van der Waals surface area contributed by atoms with Gasteiger partial charge in [-0.25, -0.2) is 8.78 Å². The van der Waals surface area contributed by atoms with Gasteiger partial charge >= 0.3 is 0 Å². The Hall–Kier alpha value is -1.25. The molecule has 1 unspecified atom stereocenters. The molecule has 0 bridgehead atoms. The first-order valence-electron chi connectivity index (χ1n) is 4.96. The molecule has 1 atom stereocenters. The molecule has 0 saturated carbocycles. The van der Waals surface area contributed by atoms with Gasteiger partial charge in [-0.05, 0) is 23.6 Å². The molecule has 0 heterocycles. The summed E-state index contributed by atoms with van der Waals surface area (Å²) in [6, 6.07) is 4.53. The Morgan fingerprint density at radius 2 is 2.07 bits per heavy atom. The zero-order valence-electron chi connectivity index (χ0n) is 8.84. The predicted molar refractivity (Wildman–Crippen MR) is 55.3 cm³/mol. The van der Waals surface area contributed by atoms with E-state index in [4.69, 9.17) is 0 Å². The molecule has 0 saturated heterocycles. The molecule has 0 aliphatic heterocycles. The molecule has 0 amide bonds. The smallest absolute Gasteiger partial charge is 0.263 e. The van der Waals surface area contributed by atoms with E-state index in [1.807, 2.05) is 6.92 Å². The van der Waals surface area contributed by atoms with Crippen LogP contribution in [0.2, 0.25) is 0 Å². The van der Waals surface area contributed by atoms with Gasteiger partial charge in [-0.15, -0.1) is 0 Å². The lowest BCUT2D eigenvalue weighted by atomic mass is 9.93. The second-order valence-corrected chi connectivity index (χ2v) is 3.54. The van der Waals surface area contributed by atoms with E-state index in [1.54, 1.807) is 13.0 Å². The Labute approximate surface area is 88.1 Å². The lowest BCUT2D eigenvalue weighted by Gasteiger charge is -2.12. The molecule has 1 rings (SSSR count). The van der Waals surface area contributed by atoms with Gasteiger partial charge in [0, 0.05) is 11.5 Å². The van der Waals surface area contributed by atoms with Gasteiger partial charge in [0.05, 0.1) is 0 Å². The van der Waals surface area contributed by atoms with E-state index >= 15 is 0 Å². The molecule has 0 spiro atoms. The SMILES string of the molecule is CCc1ccc(C(F)F)cc1C(C)C=O. The molecule has 0 aromatic heterocycles. The summed E-state index contributed by atoms with van der Waals surface area (Å²) < 4.78 is 24.9. The Morgan fingerprint density at radius 3 is 2.53 bits per heavy atom. The molecule has 0 N–H and O–H groups in total. The maximum atomic E-state index is 12.5. The van der Waals surface area contributed by atoms with Crippen LogP contribution in [0.4, 0.5) is 8.78 Å². The first-order chi connectivity index (χ1) is 7.10. The van der Waals surface area contributed by atoms with Crippen LogP contribution in [-0.2, 0) is 11.2 Å². The molecule has 1 nitrogen and oxygen atoms in total. The number of rotatable bonds is 4. The third-order valence-corrected chi connectivity index (χ3v) is 2.50. The molecule has 0 aliphatic carbocycles. The maximum Gasteiger partial charge on any atom is 0.263 e. The van der Waals surface area contributed by atoms with Crippen LogP contribution in [0.25, 0.3) is 0 Å². The fourth-order valence-electron chi connectivity index (χ4n) is 1.57. The van der Waals surface area contributed by atoms with Crippen molar-refractivity contribution in [2.24, 2.45) is 0 Å². The quantitative estimate of drug-likeness (QED) is 0.698. The van der Waals surface area contributed by atoms with Crippen molar-refractivity contribution < 1.29 is 13.6 Å². The van der Waals surface area contributed by atoms with Crippen LogP contribution in [0, 0.1) is 0 Å². The minimum Gasteiger partial charge on any atom is -0.303 e. The third-order valence-electron chi connectivity index (χ3n) is 2.50. The number of aryl methyl sites for hydroxylation is 1. The van der Waals surface area contributed by atoms with Crippen molar-refractivity contribution in [2.45, 2.75) is 32.6 Å². The minimum atomic E-state index is -2.48. The van der Waals surface area contributed by atoms with Crippen molar-refractivity contribution in [1.29, 1.82) is 0 Å². The number of benzene rings is 1. The highest BCUT2D eigenvalue weighted by Gasteiger charge is 2.13. The van der Waals surface area contributed by atoms with Crippen molar-refractivity contribution in [3.8, 4) is 0 Å². The van der Waals surface area contributed by atoms with E-state index in [1.165, 1.54) is 12.1 Å². The summed E-state index contributed by atoms with van der Waals surface area (Å²) in [4.78, 5) is 10.7. The summed E-state index contributed by atoms with van der Waals surface area (Å²) in [5.74, 6) is -0.321. The van der Waals surface area contributed by atoms with Gasteiger partial charge in [0.15, 0.2) is 0 Å². The van der Waals surface area contributed by atoms with Gasteiger partial charge in [-0.1, -0.05) is 26.0 Å². The number of hydrogen-bond acceptors (Lipinski definition) is 1. The van der Waals surface area contributed by atoms with Gasteiger partial charge in [-0.2, -0.15) is 0 Å². The van der Waals surface area contributed by atoms with Crippen LogP contribution in [-0.4, -0.2) is 6.29 Å². The lowest BCUT2D eigenvalue weighted by Crippen LogP contribution is -2.01. The number of carbonyl (C=O) groups excluding carboxylic acids is 1. The van der Waals surface area contributed by atoms with Gasteiger partial charge in [-0.3, -0.25) is 0 Å². The second kappa shape index (κ2) is 5.01. The van der Waals surface area contributed by atoms with Gasteiger partial charge in [0.2, 0.25) is 0 Å². The van der Waals surface area contributed by atoms with Crippen LogP contribution in [0.3, 0.4) is 0 Å². The van der Waals surface area contributed by atoms with E-state index < -0.39 is 6.43 Å². The molecule has 15 heavy (non-hydrogen) atoms. The first kappa shape index (κ1) is 11.8. The Kier molecular flexibility index (Phi) is 3.95. The number of aldehydes is 1. The number of halogens is 2. The minimum absolute atomic E-state index is 0.0177. The fraction of sp³-hybridized carbons (Fsp3) is 0.417. The average Bonchev–Trinajstić information content (AvgIpc) is 2.27. The van der Waals surface area contributed by atoms with Gasteiger partial charge < -0.3 is 4.79 Å². The maximum absolute atomic E-state index is 12.5. The molecule has 1 aromatic carbocycles. The number of carbonyl (C=O) groups is 1. The van der Waals surface area contributed by atoms with Gasteiger partial charge in [0.1, 0.15) is 6.29 Å². The zero-order valence-corrected chi connectivity index (χ0v) is 8.84. The van der Waals surface area contributed by atoms with E-state index in [0.717, 1.165) is 18.3 Å². The normalized spacial score (nSPS) is 12.9. The van der Waals surface area contributed by atoms with Crippen molar-refractivity contribution in [1.82, 2.24) is 0 Å². The monoisotopic (exact) mass is 212 g/mol. The summed E-state index contributed by atoms with van der Waals surface area (Å²) in [5, 5.41) is 0. The molecule has 82 valence electrons. The Morgan fingerprint density at radius 1 is 1.40 bits per heavy atom. The highest BCUT2D eigenvalue weighted by Crippen LogP contribution is 2.26. The van der Waals surface area contributed by atoms with Crippen LogP contribution < -0.4 is 0 Å². The first-order valence-corrected chi connectivity index (χ1v) is 4.96. The summed E-state index contributed by atoms with van der Waals surface area (Å²) in [7, 11) is 0. The van der Waals surface area contributed by atoms with E-state index in [0.29, 0.717) is 5.56 Å². The molecular weight excluding hydrogens is 198 g/mol. The average molecular weight is 212 g/mol. The standard InChI is InChI=1S/C12H14F2O/c1-3-9-4-5-10(12(13)14)6-11(9)8(2)7-15/h4-8,12H,3H2,1-2H3. The van der Waals surface area contributed by atoms with Crippen molar-refractivity contribution in [2.75, 3.05) is 0 Å². The van der Waals surface area contributed by atoms with Crippen molar-refractivity contribution in [3.05, 3.63) is 34.9 Å². The van der Waals surface area contributed by atoms with E-state index in [9.17, 15) is 13.6 Å². The highest BCUT2D eigenvalue weighted by atomic mass is 19.3. The topological polar surface area (TPSA) is 17.1 Å². The fourth-order valence-corrected chi connectivity index (χ4v) is 1.57. The lowest BCUT2D eigenvalue weighted by molar-refractivity contribution is -0.108. The zero-order chi connectivity index (χ0) is 11.4. The second-order valence-electron chi connectivity index (χ2n) is 3.54. The number of hydrogen-bond donors (Lipinski definition) is 0. The van der Waals surface area contributed by atoms with E-state index in [-0.39, 0.29) is 11.5 Å². The molecule has 0 fully saturated rings. The molecule has 3 heteroatoms. The third kappa shape index (κ3) is 2.61. The molecular formula is C12H14F2O. The Bertz CT molecular complexity index is 347. The summed E-state index contributed by atoms with van der Waals surface area (Å²) in [6.07, 6.45) is -0.950. The summed E-state index contributed by atoms with van der Waals surface area (Å²) >= 11 is 0. The van der Waals surface area contributed by atoms with E-state index in [2.05, 4.69) is 0 Å². The van der Waals surface area contributed by atoms with Gasteiger partial charge in [0.25, 0.3) is 6.43 Å². The van der Waals surface area contributed by atoms with Crippen LogP contribution in [0.15, 0.2) is 18.2 Å². The summed E-state index contributed by atoms with van der Waals surface area (Å²) in [6.45, 7) is 3.66. The predicted octanol–water partition coefficient (Wildman–Crippen LogP) is 3.49. The van der Waals surface area contributed by atoms with Crippen LogP contribution >= 0.6 is 0 Å². The largest absolute Gasteiger partial charge is 0.303 e. The molecule has 0 radical (unpaired) electrons.